The molecule has 2 aromatic rings. The summed E-state index contributed by atoms with van der Waals surface area (Å²) in [6.45, 7) is 3.32. The Morgan fingerprint density at radius 1 is 1.55 bits per heavy atom. The van der Waals surface area contributed by atoms with E-state index in [1.165, 1.54) is 0 Å². The molecule has 0 radical (unpaired) electrons. The fourth-order valence-electron chi connectivity index (χ4n) is 2.59. The Balaban J connectivity index is 1.63. The smallest absolute Gasteiger partial charge is 0.321 e. The van der Waals surface area contributed by atoms with Crippen molar-refractivity contribution in [2.45, 2.75) is 32.1 Å². The van der Waals surface area contributed by atoms with Crippen molar-refractivity contribution in [3.63, 3.8) is 0 Å². The second-order valence-corrected chi connectivity index (χ2v) is 5.36. The molecule has 0 unspecified atom stereocenters. The van der Waals surface area contributed by atoms with Gasteiger partial charge in [-0.15, -0.1) is 0 Å². The normalized spacial score (nSPS) is 18.2. The van der Waals surface area contributed by atoms with Crippen LogP contribution in [0.15, 0.2) is 29.0 Å². The number of nitrogens with one attached hydrogen (secondary N) is 1. The van der Waals surface area contributed by atoms with Gasteiger partial charge in [0.1, 0.15) is 0 Å². The summed E-state index contributed by atoms with van der Waals surface area (Å²) in [7, 11) is 0. The molecule has 1 aliphatic heterocycles. The lowest BCUT2D eigenvalue weighted by Gasteiger charge is -2.31. The van der Waals surface area contributed by atoms with Crippen LogP contribution in [0.1, 0.15) is 37.4 Å². The molecule has 1 fully saturated rings. The fourth-order valence-corrected chi connectivity index (χ4v) is 2.59. The van der Waals surface area contributed by atoms with E-state index >= 15 is 0 Å². The maximum Gasteiger partial charge on any atom is 0.321 e. The van der Waals surface area contributed by atoms with Gasteiger partial charge in [-0.25, -0.2) is 4.79 Å². The monoisotopic (exact) mass is 301 g/mol. The number of hydrogen-bond donors (Lipinski definition) is 1. The SMILES string of the molecule is CCc1nc([C@@H]2CCCN(C(=O)Nc3cccnc3)C2)no1. The van der Waals surface area contributed by atoms with Crippen molar-refractivity contribution in [1.29, 1.82) is 0 Å². The molecule has 0 saturated carbocycles. The van der Waals surface area contributed by atoms with Crippen LogP contribution in [0.4, 0.5) is 10.5 Å². The first-order chi connectivity index (χ1) is 10.8. The second kappa shape index (κ2) is 6.55. The summed E-state index contributed by atoms with van der Waals surface area (Å²) < 4.78 is 5.17. The number of nitrogens with zero attached hydrogens (tertiary/aromatic N) is 4. The molecule has 0 aromatic carbocycles. The molecule has 1 aliphatic rings. The molecule has 2 aromatic heterocycles. The topological polar surface area (TPSA) is 84.2 Å². The molecule has 1 N–H and O–H groups in total. The maximum atomic E-state index is 12.3. The largest absolute Gasteiger partial charge is 0.339 e. The van der Waals surface area contributed by atoms with Crippen LogP contribution in [0, 0.1) is 0 Å². The van der Waals surface area contributed by atoms with Crippen molar-refractivity contribution in [1.82, 2.24) is 20.0 Å². The molecule has 2 amide bonds. The van der Waals surface area contributed by atoms with E-state index in [0.29, 0.717) is 23.9 Å². The average Bonchev–Trinajstić information content (AvgIpc) is 3.05. The molecule has 7 nitrogen and oxygen atoms in total. The number of likely N-dealkylation sites (tertiary alicyclic amines) is 1. The van der Waals surface area contributed by atoms with E-state index in [1.54, 1.807) is 23.4 Å². The lowest BCUT2D eigenvalue weighted by atomic mass is 9.97. The third-order valence-corrected chi connectivity index (χ3v) is 3.77. The van der Waals surface area contributed by atoms with Crippen LogP contribution < -0.4 is 5.32 Å². The van der Waals surface area contributed by atoms with Crippen LogP contribution in [-0.4, -0.2) is 39.1 Å². The number of urea groups is 1. The number of hydrogen-bond acceptors (Lipinski definition) is 5. The van der Waals surface area contributed by atoms with Gasteiger partial charge < -0.3 is 14.7 Å². The second-order valence-electron chi connectivity index (χ2n) is 5.36. The van der Waals surface area contributed by atoms with Crippen LogP contribution in [0.3, 0.4) is 0 Å². The highest BCUT2D eigenvalue weighted by molar-refractivity contribution is 5.89. The van der Waals surface area contributed by atoms with E-state index in [-0.39, 0.29) is 11.9 Å². The Morgan fingerprint density at radius 2 is 2.45 bits per heavy atom. The van der Waals surface area contributed by atoms with E-state index in [1.807, 2.05) is 13.0 Å². The molecule has 3 rings (SSSR count). The van der Waals surface area contributed by atoms with Gasteiger partial charge in [-0.1, -0.05) is 12.1 Å². The average molecular weight is 301 g/mol. The molecule has 1 atom stereocenters. The number of aromatic nitrogens is 3. The number of amides is 2. The Bertz CT molecular complexity index is 628. The third kappa shape index (κ3) is 3.24. The third-order valence-electron chi connectivity index (χ3n) is 3.77. The van der Waals surface area contributed by atoms with Gasteiger partial charge in [0.2, 0.25) is 5.89 Å². The van der Waals surface area contributed by atoms with Gasteiger partial charge in [-0.05, 0) is 25.0 Å². The number of carbonyl (C=O) groups excluding carboxylic acids is 1. The zero-order chi connectivity index (χ0) is 15.4. The summed E-state index contributed by atoms with van der Waals surface area (Å²) in [5.41, 5.74) is 0.697. The van der Waals surface area contributed by atoms with Crippen LogP contribution in [-0.2, 0) is 6.42 Å². The quantitative estimate of drug-likeness (QED) is 0.941. The summed E-state index contributed by atoms with van der Waals surface area (Å²) in [5.74, 6) is 1.49. The summed E-state index contributed by atoms with van der Waals surface area (Å²) in [6, 6.07) is 3.50. The maximum absolute atomic E-state index is 12.3. The summed E-state index contributed by atoms with van der Waals surface area (Å²) in [4.78, 5) is 22.5. The number of piperidine rings is 1. The lowest BCUT2D eigenvalue weighted by molar-refractivity contribution is 0.190. The molecule has 0 aliphatic carbocycles. The highest BCUT2D eigenvalue weighted by atomic mass is 16.5. The van der Waals surface area contributed by atoms with Gasteiger partial charge in [0.25, 0.3) is 0 Å². The first kappa shape index (κ1) is 14.5. The van der Waals surface area contributed by atoms with Crippen molar-refractivity contribution < 1.29 is 9.32 Å². The van der Waals surface area contributed by atoms with E-state index in [0.717, 1.165) is 25.8 Å². The van der Waals surface area contributed by atoms with Crippen LogP contribution >= 0.6 is 0 Å². The van der Waals surface area contributed by atoms with Crippen molar-refractivity contribution in [2.75, 3.05) is 18.4 Å². The van der Waals surface area contributed by atoms with Crippen LogP contribution in [0.2, 0.25) is 0 Å². The van der Waals surface area contributed by atoms with E-state index < -0.39 is 0 Å². The van der Waals surface area contributed by atoms with Gasteiger partial charge in [-0.2, -0.15) is 4.98 Å². The first-order valence-electron chi connectivity index (χ1n) is 7.54. The number of rotatable bonds is 3. The highest BCUT2D eigenvalue weighted by Gasteiger charge is 2.27. The Labute approximate surface area is 128 Å². The van der Waals surface area contributed by atoms with Crippen LogP contribution in [0.5, 0.6) is 0 Å². The van der Waals surface area contributed by atoms with Gasteiger partial charge in [0, 0.05) is 31.6 Å². The Hall–Kier alpha value is -2.44. The minimum Gasteiger partial charge on any atom is -0.339 e. The van der Waals surface area contributed by atoms with Gasteiger partial charge in [0.05, 0.1) is 11.9 Å². The number of anilines is 1. The molecular formula is C15H19N5O2. The lowest BCUT2D eigenvalue weighted by Crippen LogP contribution is -2.41. The number of carbonyl (C=O) groups is 1. The van der Waals surface area contributed by atoms with Crippen molar-refractivity contribution in [2.24, 2.45) is 0 Å². The molecule has 7 heteroatoms. The highest BCUT2D eigenvalue weighted by Crippen LogP contribution is 2.25. The van der Waals surface area contributed by atoms with E-state index in [4.69, 9.17) is 4.52 Å². The standard InChI is InChI=1S/C15H19N5O2/c1-2-13-18-14(19-22-13)11-5-4-8-20(10-11)15(21)17-12-6-3-7-16-9-12/h3,6-7,9,11H,2,4-5,8,10H2,1H3,(H,17,21)/t11-/m1/s1. The first-order valence-corrected chi connectivity index (χ1v) is 7.54. The summed E-state index contributed by atoms with van der Waals surface area (Å²) >= 11 is 0. The van der Waals surface area contributed by atoms with Crippen molar-refractivity contribution in [3.05, 3.63) is 36.2 Å². The minimum absolute atomic E-state index is 0.114. The van der Waals surface area contributed by atoms with Crippen LogP contribution in [0.25, 0.3) is 0 Å². The van der Waals surface area contributed by atoms with E-state index in [2.05, 4.69) is 20.4 Å². The zero-order valence-corrected chi connectivity index (χ0v) is 12.5. The number of pyridine rings is 1. The zero-order valence-electron chi connectivity index (χ0n) is 12.5. The fraction of sp³-hybridized carbons (Fsp3) is 0.467. The summed E-state index contributed by atoms with van der Waals surface area (Å²) in [5, 5.41) is 6.89. The molecule has 116 valence electrons. The number of aryl methyl sites for hydroxylation is 1. The van der Waals surface area contributed by atoms with Gasteiger partial charge in [0.15, 0.2) is 5.82 Å². The van der Waals surface area contributed by atoms with Crippen molar-refractivity contribution >= 4 is 11.7 Å². The molecule has 1 saturated heterocycles. The van der Waals surface area contributed by atoms with Gasteiger partial charge in [-0.3, -0.25) is 4.98 Å². The Morgan fingerprint density at radius 3 is 3.18 bits per heavy atom. The van der Waals surface area contributed by atoms with Gasteiger partial charge >= 0.3 is 6.03 Å². The molecule has 22 heavy (non-hydrogen) atoms. The Kier molecular flexibility index (Phi) is 4.32. The minimum atomic E-state index is -0.114. The van der Waals surface area contributed by atoms with Crippen molar-refractivity contribution in [3.8, 4) is 0 Å². The molecular weight excluding hydrogens is 282 g/mol. The van der Waals surface area contributed by atoms with E-state index in [9.17, 15) is 4.79 Å². The summed E-state index contributed by atoms with van der Waals surface area (Å²) in [6.07, 6.45) is 5.94. The predicted molar refractivity (Wildman–Crippen MR) is 80.5 cm³/mol. The molecule has 0 bridgehead atoms. The molecule has 3 heterocycles. The molecule has 0 spiro atoms. The predicted octanol–water partition coefficient (Wildman–Crippen LogP) is 2.44.